The first kappa shape index (κ1) is 19.8. The zero-order valence-electron chi connectivity index (χ0n) is 9.36. The van der Waals surface area contributed by atoms with Crippen molar-refractivity contribution in [2.24, 2.45) is 0 Å². The zero-order valence-corrected chi connectivity index (χ0v) is 15.6. The Morgan fingerprint density at radius 2 is 1.31 bits per heavy atom. The maximum absolute atomic E-state index is 10.3. The van der Waals surface area contributed by atoms with Gasteiger partial charge in [-0.3, -0.25) is 0 Å². The van der Waals surface area contributed by atoms with Gasteiger partial charge in [-0.2, -0.15) is 0 Å². The van der Waals surface area contributed by atoms with Crippen molar-refractivity contribution in [3.8, 4) is 0 Å². The molecule has 0 aromatic heterocycles. The zero-order chi connectivity index (χ0) is 10.6. The Hall–Kier alpha value is 1.43. The van der Waals surface area contributed by atoms with E-state index in [0.29, 0.717) is 11.1 Å². The van der Waals surface area contributed by atoms with Crippen molar-refractivity contribution in [3.05, 3.63) is 35.4 Å². The monoisotopic (exact) mass is 270 g/mol. The van der Waals surface area contributed by atoms with Crippen LogP contribution in [0, 0.1) is 0 Å². The Morgan fingerprint density at radius 3 is 1.62 bits per heavy atom. The molecular weight excluding hydrogens is 262 g/mol. The van der Waals surface area contributed by atoms with Crippen LogP contribution in [-0.4, -0.2) is 11.9 Å². The van der Waals surface area contributed by atoms with Gasteiger partial charge in [-0.05, 0) is 11.1 Å². The summed E-state index contributed by atoms with van der Waals surface area (Å²) in [5.74, 6) is -2.37. The molecule has 16 heavy (non-hydrogen) atoms. The molecule has 0 radical (unpaired) electrons. The minimum Gasteiger partial charge on any atom is -0.550 e. The number of carboxylic acids is 2. The Morgan fingerprint density at radius 1 is 0.938 bits per heavy atom. The van der Waals surface area contributed by atoms with Gasteiger partial charge in [-0.1, -0.05) is 24.3 Å². The van der Waals surface area contributed by atoms with Crippen molar-refractivity contribution in [1.29, 1.82) is 0 Å². The summed E-state index contributed by atoms with van der Waals surface area (Å²) >= 11 is 0. The van der Waals surface area contributed by atoms with Crippen molar-refractivity contribution in [2.45, 2.75) is 12.8 Å². The van der Waals surface area contributed by atoms with E-state index in [1.54, 1.807) is 18.2 Å². The largest absolute Gasteiger partial charge is 1.00 e. The molecule has 0 heterocycles. The second-order valence-corrected chi connectivity index (χ2v) is 2.92. The van der Waals surface area contributed by atoms with E-state index >= 15 is 0 Å². The van der Waals surface area contributed by atoms with E-state index in [4.69, 9.17) is 0 Å². The molecule has 74 valence electrons. The van der Waals surface area contributed by atoms with E-state index in [1.165, 1.54) is 6.07 Å². The summed E-state index contributed by atoms with van der Waals surface area (Å²) in [5.41, 5.74) is 1.06. The number of carbonyl (C=O) groups excluding carboxylic acids is 2. The van der Waals surface area contributed by atoms with Crippen LogP contribution in [0.15, 0.2) is 24.3 Å². The number of rotatable bonds is 4. The van der Waals surface area contributed by atoms with Crippen molar-refractivity contribution in [2.75, 3.05) is 0 Å². The first-order valence-corrected chi connectivity index (χ1v) is 4.05. The van der Waals surface area contributed by atoms with Crippen LogP contribution in [0.5, 0.6) is 0 Å². The molecule has 4 nitrogen and oxygen atoms in total. The fraction of sp³-hybridized carbons (Fsp3) is 0.200. The molecule has 0 N–H and O–H groups in total. The van der Waals surface area contributed by atoms with Gasteiger partial charge in [0.05, 0.1) is 0 Å². The molecule has 0 saturated heterocycles. The van der Waals surface area contributed by atoms with Crippen LogP contribution in [0.3, 0.4) is 0 Å². The van der Waals surface area contributed by atoms with Gasteiger partial charge in [0.25, 0.3) is 0 Å². The van der Waals surface area contributed by atoms with Crippen molar-refractivity contribution >= 4 is 11.9 Å². The molecule has 1 aromatic rings. The first-order chi connectivity index (χ1) is 6.58. The molecule has 0 saturated carbocycles. The predicted octanol–water partition coefficient (Wildman–Crippen LogP) is -7.72. The van der Waals surface area contributed by atoms with Gasteiger partial charge in [-0.25, -0.2) is 0 Å². The van der Waals surface area contributed by atoms with Crippen LogP contribution in [0.4, 0.5) is 0 Å². The van der Waals surface area contributed by atoms with Gasteiger partial charge in [0.2, 0.25) is 0 Å². The molecule has 1 rings (SSSR count). The number of benzene rings is 1. The molecule has 0 amide bonds. The van der Waals surface area contributed by atoms with E-state index in [0.717, 1.165) is 0 Å². The molecule has 1 aromatic carbocycles. The molecule has 0 atom stereocenters. The van der Waals surface area contributed by atoms with Crippen molar-refractivity contribution in [3.63, 3.8) is 0 Å². The van der Waals surface area contributed by atoms with E-state index in [-0.39, 0.29) is 116 Å². The van der Waals surface area contributed by atoms with Crippen LogP contribution in [0.25, 0.3) is 0 Å². The Kier molecular flexibility index (Phi) is 12.8. The van der Waals surface area contributed by atoms with Crippen LogP contribution in [0.2, 0.25) is 0 Å². The number of carbonyl (C=O) groups is 2. The summed E-state index contributed by atoms with van der Waals surface area (Å²) in [6.07, 6.45) is -0.415. The molecule has 0 aliphatic carbocycles. The molecule has 0 spiro atoms. The van der Waals surface area contributed by atoms with Gasteiger partial charge >= 0.3 is 103 Å². The fourth-order valence-electron chi connectivity index (χ4n) is 1.18. The van der Waals surface area contributed by atoms with E-state index < -0.39 is 11.9 Å². The average molecular weight is 270 g/mol. The van der Waals surface area contributed by atoms with E-state index in [1.807, 2.05) is 0 Å². The summed E-state index contributed by atoms with van der Waals surface area (Å²) in [5, 5.41) is 20.5. The summed E-state index contributed by atoms with van der Waals surface area (Å²) < 4.78 is 0. The molecular formula is C10H8K2O4. The molecule has 0 aliphatic rings. The second-order valence-electron chi connectivity index (χ2n) is 2.92. The number of hydrogen-bond acceptors (Lipinski definition) is 4. The molecule has 0 fully saturated rings. The third kappa shape index (κ3) is 8.51. The molecule has 0 aliphatic heterocycles. The van der Waals surface area contributed by atoms with Gasteiger partial charge in [0, 0.05) is 24.8 Å². The van der Waals surface area contributed by atoms with Gasteiger partial charge in [-0.15, -0.1) is 0 Å². The van der Waals surface area contributed by atoms with Crippen LogP contribution in [-0.2, 0) is 22.4 Å². The van der Waals surface area contributed by atoms with Gasteiger partial charge < -0.3 is 19.8 Å². The Balaban J connectivity index is 0. The third-order valence-corrected chi connectivity index (χ3v) is 1.69. The Labute approximate surface area is 179 Å². The van der Waals surface area contributed by atoms with E-state index in [9.17, 15) is 19.8 Å². The predicted molar refractivity (Wildman–Crippen MR) is 43.9 cm³/mol. The number of hydrogen-bond donors (Lipinski definition) is 0. The fourth-order valence-corrected chi connectivity index (χ4v) is 1.18. The minimum atomic E-state index is -1.18. The topological polar surface area (TPSA) is 80.3 Å². The van der Waals surface area contributed by atoms with Gasteiger partial charge in [0.15, 0.2) is 0 Å². The van der Waals surface area contributed by atoms with Crippen LogP contribution < -0.4 is 113 Å². The number of carboxylic acid groups (broad SMARTS) is 2. The standard InChI is InChI=1S/C10H10O4.2K/c11-9(12)5-7-2-1-3-8(4-7)6-10(13)14;;/h1-4H,5-6H2,(H,11,12)(H,13,14);;/q;2*+1/p-2. The van der Waals surface area contributed by atoms with Crippen molar-refractivity contribution < 1.29 is 123 Å². The Bertz CT molecular complexity index is 334. The molecule has 0 unspecified atom stereocenters. The summed E-state index contributed by atoms with van der Waals surface area (Å²) in [6, 6.07) is 6.34. The maximum atomic E-state index is 10.3. The summed E-state index contributed by atoms with van der Waals surface area (Å²) in [7, 11) is 0. The third-order valence-electron chi connectivity index (χ3n) is 1.69. The normalized spacial score (nSPS) is 8.50. The number of aliphatic carboxylic acids is 2. The first-order valence-electron chi connectivity index (χ1n) is 4.05. The van der Waals surface area contributed by atoms with Crippen LogP contribution in [0.1, 0.15) is 11.1 Å². The maximum Gasteiger partial charge on any atom is 1.00 e. The molecule has 6 heteroatoms. The smallest absolute Gasteiger partial charge is 0.550 e. The second kappa shape index (κ2) is 10.4. The molecule has 0 bridgehead atoms. The summed E-state index contributed by atoms with van der Waals surface area (Å²) in [4.78, 5) is 20.5. The minimum absolute atomic E-state index is 0. The average Bonchev–Trinajstić information content (AvgIpc) is 2.01. The quantitative estimate of drug-likeness (QED) is 0.509. The van der Waals surface area contributed by atoms with E-state index in [2.05, 4.69) is 0 Å². The van der Waals surface area contributed by atoms with Gasteiger partial charge in [0.1, 0.15) is 0 Å². The summed E-state index contributed by atoms with van der Waals surface area (Å²) in [6.45, 7) is 0. The SMILES string of the molecule is O=C([O-])Cc1cccc(CC(=O)[O-])c1.[K+].[K+]. The van der Waals surface area contributed by atoms with Crippen LogP contribution >= 0.6 is 0 Å². The van der Waals surface area contributed by atoms with Crippen molar-refractivity contribution in [1.82, 2.24) is 0 Å².